The molecular weight excluding hydrogens is 252 g/mol. The van der Waals surface area contributed by atoms with Gasteiger partial charge >= 0.3 is 0 Å². The van der Waals surface area contributed by atoms with Crippen molar-refractivity contribution in [1.29, 1.82) is 0 Å². The molecule has 0 aromatic heterocycles. The molecule has 1 rings (SSSR count). The Labute approximate surface area is 121 Å². The van der Waals surface area contributed by atoms with Crippen LogP contribution in [0.1, 0.15) is 33.6 Å². The molecule has 1 aromatic rings. The fourth-order valence-corrected chi connectivity index (χ4v) is 2.30. The maximum Gasteiger partial charge on any atom is 0.238 e. The fraction of sp³-hybridized carbons (Fsp3) is 0.562. The highest BCUT2D eigenvalue weighted by Gasteiger charge is 2.13. The molecule has 0 heterocycles. The first kappa shape index (κ1) is 16.5. The van der Waals surface area contributed by atoms with E-state index in [9.17, 15) is 4.79 Å². The van der Waals surface area contributed by atoms with E-state index in [1.165, 1.54) is 0 Å². The molecule has 0 spiro atoms. The lowest BCUT2D eigenvalue weighted by atomic mass is 9.95. The van der Waals surface area contributed by atoms with Gasteiger partial charge in [0.2, 0.25) is 5.91 Å². The van der Waals surface area contributed by atoms with Crippen LogP contribution in [0.5, 0.6) is 5.75 Å². The zero-order valence-corrected chi connectivity index (χ0v) is 12.9. The number of benzene rings is 1. The first-order valence-electron chi connectivity index (χ1n) is 7.28. The van der Waals surface area contributed by atoms with E-state index in [1.807, 2.05) is 24.3 Å². The number of carbonyl (C=O) groups excluding carboxylic acids is 1. The average Bonchev–Trinajstić information content (AvgIpc) is 2.47. The van der Waals surface area contributed by atoms with E-state index in [0.29, 0.717) is 18.5 Å². The van der Waals surface area contributed by atoms with E-state index in [4.69, 9.17) is 4.74 Å². The summed E-state index contributed by atoms with van der Waals surface area (Å²) in [5.74, 6) is 1.38. The maximum absolute atomic E-state index is 11.9. The summed E-state index contributed by atoms with van der Waals surface area (Å²) in [6, 6.07) is 7.68. The van der Waals surface area contributed by atoms with Gasteiger partial charge in [0.05, 0.1) is 13.7 Å². The second kappa shape index (κ2) is 8.59. The minimum Gasteiger partial charge on any atom is -0.497 e. The van der Waals surface area contributed by atoms with Gasteiger partial charge in [-0.3, -0.25) is 4.79 Å². The number of amides is 1. The summed E-state index contributed by atoms with van der Waals surface area (Å²) in [6.07, 6.45) is 2.26. The molecule has 4 heteroatoms. The third-order valence-corrected chi connectivity index (χ3v) is 3.71. The number of carbonyl (C=O) groups is 1. The number of hydrogen-bond acceptors (Lipinski definition) is 3. The van der Waals surface area contributed by atoms with Crippen LogP contribution in [-0.2, 0) is 4.79 Å². The Kier molecular flexibility index (Phi) is 7.09. The van der Waals surface area contributed by atoms with Crippen LogP contribution in [0.3, 0.4) is 0 Å². The van der Waals surface area contributed by atoms with Crippen molar-refractivity contribution in [2.24, 2.45) is 5.92 Å². The molecule has 1 unspecified atom stereocenters. The van der Waals surface area contributed by atoms with Crippen molar-refractivity contribution in [2.45, 2.75) is 39.7 Å². The molecule has 0 aliphatic carbocycles. The quantitative estimate of drug-likeness (QED) is 0.768. The number of anilines is 1. The smallest absolute Gasteiger partial charge is 0.238 e. The molecule has 0 saturated carbocycles. The summed E-state index contributed by atoms with van der Waals surface area (Å²) in [5, 5.41) is 6.16. The van der Waals surface area contributed by atoms with E-state index in [0.717, 1.165) is 24.3 Å². The van der Waals surface area contributed by atoms with Crippen molar-refractivity contribution in [2.75, 3.05) is 19.0 Å². The van der Waals surface area contributed by atoms with E-state index < -0.39 is 0 Å². The van der Waals surface area contributed by atoms with Gasteiger partial charge in [0.15, 0.2) is 0 Å². The molecular formula is C16H26N2O2. The van der Waals surface area contributed by atoms with Crippen molar-refractivity contribution < 1.29 is 9.53 Å². The number of methoxy groups -OCH3 is 1. The van der Waals surface area contributed by atoms with Gasteiger partial charge in [-0.05, 0) is 37.1 Å². The molecule has 4 nitrogen and oxygen atoms in total. The topological polar surface area (TPSA) is 50.4 Å². The SMILES string of the molecule is CCC(CC)C(C)NCC(=O)Nc1ccc(OC)cc1. The summed E-state index contributed by atoms with van der Waals surface area (Å²) in [5.41, 5.74) is 0.785. The molecule has 0 radical (unpaired) electrons. The van der Waals surface area contributed by atoms with Gasteiger partial charge in [-0.25, -0.2) is 0 Å². The van der Waals surface area contributed by atoms with Crippen LogP contribution in [0.15, 0.2) is 24.3 Å². The Morgan fingerprint density at radius 2 is 1.80 bits per heavy atom. The Morgan fingerprint density at radius 3 is 2.30 bits per heavy atom. The van der Waals surface area contributed by atoms with Gasteiger partial charge in [-0.1, -0.05) is 26.7 Å². The third kappa shape index (κ3) is 5.21. The van der Waals surface area contributed by atoms with E-state index in [-0.39, 0.29) is 5.91 Å². The predicted molar refractivity (Wildman–Crippen MR) is 83.2 cm³/mol. The highest BCUT2D eigenvalue weighted by atomic mass is 16.5. The molecule has 0 aliphatic heterocycles. The van der Waals surface area contributed by atoms with Gasteiger partial charge in [-0.15, -0.1) is 0 Å². The summed E-state index contributed by atoms with van der Waals surface area (Å²) in [6.45, 7) is 6.84. The lowest BCUT2D eigenvalue weighted by Gasteiger charge is -2.22. The Hall–Kier alpha value is -1.55. The Balaban J connectivity index is 2.39. The van der Waals surface area contributed by atoms with Gasteiger partial charge in [0.1, 0.15) is 5.75 Å². The standard InChI is InChI=1S/C16H26N2O2/c1-5-13(6-2)12(3)17-11-16(19)18-14-7-9-15(20-4)10-8-14/h7-10,12-13,17H,5-6,11H2,1-4H3,(H,18,19). The van der Waals surface area contributed by atoms with Gasteiger partial charge in [0, 0.05) is 11.7 Å². The molecule has 1 amide bonds. The Morgan fingerprint density at radius 1 is 1.20 bits per heavy atom. The van der Waals surface area contributed by atoms with Gasteiger partial charge < -0.3 is 15.4 Å². The second-order valence-electron chi connectivity index (χ2n) is 5.02. The van der Waals surface area contributed by atoms with Crippen LogP contribution in [0.2, 0.25) is 0 Å². The van der Waals surface area contributed by atoms with Crippen LogP contribution >= 0.6 is 0 Å². The summed E-state index contributed by atoms with van der Waals surface area (Å²) >= 11 is 0. The normalized spacial score (nSPS) is 12.2. The van der Waals surface area contributed by atoms with E-state index in [2.05, 4.69) is 31.4 Å². The van der Waals surface area contributed by atoms with Crippen molar-refractivity contribution >= 4 is 11.6 Å². The monoisotopic (exact) mass is 278 g/mol. The lowest BCUT2D eigenvalue weighted by molar-refractivity contribution is -0.115. The largest absolute Gasteiger partial charge is 0.497 e. The Bertz CT molecular complexity index is 399. The molecule has 2 N–H and O–H groups in total. The predicted octanol–water partition coefficient (Wildman–Crippen LogP) is 3.05. The van der Waals surface area contributed by atoms with E-state index >= 15 is 0 Å². The molecule has 112 valence electrons. The van der Waals surface area contributed by atoms with Crippen LogP contribution in [0.25, 0.3) is 0 Å². The zero-order valence-electron chi connectivity index (χ0n) is 12.9. The molecule has 1 atom stereocenters. The van der Waals surface area contributed by atoms with Crippen molar-refractivity contribution in [3.63, 3.8) is 0 Å². The van der Waals surface area contributed by atoms with Gasteiger partial charge in [0.25, 0.3) is 0 Å². The van der Waals surface area contributed by atoms with Gasteiger partial charge in [-0.2, -0.15) is 0 Å². The number of hydrogen-bond donors (Lipinski definition) is 2. The maximum atomic E-state index is 11.9. The van der Waals surface area contributed by atoms with Crippen LogP contribution in [-0.4, -0.2) is 25.6 Å². The summed E-state index contributed by atoms with van der Waals surface area (Å²) in [4.78, 5) is 11.9. The van der Waals surface area contributed by atoms with Crippen molar-refractivity contribution in [1.82, 2.24) is 5.32 Å². The highest BCUT2D eigenvalue weighted by Crippen LogP contribution is 2.15. The van der Waals surface area contributed by atoms with E-state index in [1.54, 1.807) is 7.11 Å². The number of rotatable bonds is 8. The second-order valence-corrected chi connectivity index (χ2v) is 5.02. The molecule has 0 fully saturated rings. The number of nitrogens with one attached hydrogen (secondary N) is 2. The molecule has 0 aliphatic rings. The first-order chi connectivity index (χ1) is 9.60. The summed E-state index contributed by atoms with van der Waals surface area (Å²) in [7, 11) is 1.62. The van der Waals surface area contributed by atoms with Crippen LogP contribution in [0, 0.1) is 5.92 Å². The minimum absolute atomic E-state index is 0.0204. The molecule has 20 heavy (non-hydrogen) atoms. The zero-order chi connectivity index (χ0) is 15.0. The van der Waals surface area contributed by atoms with Crippen molar-refractivity contribution in [3.8, 4) is 5.75 Å². The first-order valence-corrected chi connectivity index (χ1v) is 7.28. The average molecular weight is 278 g/mol. The van der Waals surface area contributed by atoms with Crippen LogP contribution in [0.4, 0.5) is 5.69 Å². The number of ether oxygens (including phenoxy) is 1. The minimum atomic E-state index is -0.0204. The van der Waals surface area contributed by atoms with Crippen molar-refractivity contribution in [3.05, 3.63) is 24.3 Å². The highest BCUT2D eigenvalue weighted by molar-refractivity contribution is 5.92. The molecule has 1 aromatic carbocycles. The molecule has 0 bridgehead atoms. The van der Waals surface area contributed by atoms with Crippen LogP contribution < -0.4 is 15.4 Å². The lowest BCUT2D eigenvalue weighted by Crippen LogP contribution is -2.38. The third-order valence-electron chi connectivity index (χ3n) is 3.71. The summed E-state index contributed by atoms with van der Waals surface area (Å²) < 4.78 is 5.08. The molecule has 0 saturated heterocycles. The fourth-order valence-electron chi connectivity index (χ4n) is 2.30.